The summed E-state index contributed by atoms with van der Waals surface area (Å²) in [5.74, 6) is -0.581. The summed E-state index contributed by atoms with van der Waals surface area (Å²) in [6.45, 7) is 2.07. The molecule has 1 aromatic carbocycles. The summed E-state index contributed by atoms with van der Waals surface area (Å²) in [4.78, 5) is 16.6. The highest BCUT2D eigenvalue weighted by atomic mass is 32.2. The Morgan fingerprint density at radius 3 is 2.65 bits per heavy atom. The van der Waals surface area contributed by atoms with Gasteiger partial charge in [0.2, 0.25) is 10.0 Å². The van der Waals surface area contributed by atoms with Gasteiger partial charge in [0, 0.05) is 12.4 Å². The number of aromatic nitrogens is 1. The van der Waals surface area contributed by atoms with Crippen LogP contribution in [-0.2, 0) is 27.8 Å². The molecule has 23 heavy (non-hydrogen) atoms. The zero-order valence-electron chi connectivity index (χ0n) is 13.1. The Labute approximate surface area is 139 Å². The third-order valence-electron chi connectivity index (χ3n) is 3.21. The largest absolute Gasteiger partial charge is 0.455 e. The molecule has 0 spiro atoms. The molecule has 0 aliphatic rings. The molecule has 124 valence electrons. The topological polar surface area (TPSA) is 76.6 Å². The quantitative estimate of drug-likeness (QED) is 0.745. The van der Waals surface area contributed by atoms with Crippen LogP contribution >= 0.6 is 11.3 Å². The number of anilines is 1. The first-order valence-electron chi connectivity index (χ1n) is 6.96. The Balaban J connectivity index is 2.16. The van der Waals surface area contributed by atoms with E-state index in [1.165, 1.54) is 24.5 Å². The summed E-state index contributed by atoms with van der Waals surface area (Å²) < 4.78 is 29.7. The number of thiazole rings is 1. The number of nitrogens with zero attached hydrogens (tertiary/aromatic N) is 2. The molecule has 0 N–H and O–H groups in total. The van der Waals surface area contributed by atoms with Crippen LogP contribution in [-0.4, -0.2) is 32.7 Å². The lowest BCUT2D eigenvalue weighted by atomic mass is 10.2. The van der Waals surface area contributed by atoms with E-state index in [-0.39, 0.29) is 17.9 Å². The molecular weight excluding hydrogens is 336 g/mol. The molecule has 1 heterocycles. The lowest BCUT2D eigenvalue weighted by Crippen LogP contribution is -2.26. The smallest absolute Gasteiger partial charge is 0.340 e. The second kappa shape index (κ2) is 7.10. The molecule has 0 aliphatic carbocycles. The van der Waals surface area contributed by atoms with Crippen molar-refractivity contribution in [1.82, 2.24) is 4.98 Å². The van der Waals surface area contributed by atoms with Gasteiger partial charge in [-0.05, 0) is 18.6 Å². The van der Waals surface area contributed by atoms with Gasteiger partial charge >= 0.3 is 5.97 Å². The monoisotopic (exact) mass is 354 g/mol. The molecule has 6 nitrogen and oxygen atoms in total. The number of carbonyl (C=O) groups excluding carboxylic acids is 1. The minimum Gasteiger partial charge on any atom is -0.455 e. The fraction of sp³-hybridized carbons (Fsp3) is 0.333. The predicted octanol–water partition coefficient (Wildman–Crippen LogP) is 2.46. The maximum absolute atomic E-state index is 12.3. The first-order chi connectivity index (χ1) is 10.8. The highest BCUT2D eigenvalue weighted by molar-refractivity contribution is 7.92. The first kappa shape index (κ1) is 17.4. The highest BCUT2D eigenvalue weighted by Crippen LogP contribution is 2.22. The van der Waals surface area contributed by atoms with E-state index < -0.39 is 16.0 Å². The number of carbonyl (C=O) groups is 1. The molecule has 0 amide bonds. The van der Waals surface area contributed by atoms with E-state index in [9.17, 15) is 13.2 Å². The van der Waals surface area contributed by atoms with E-state index in [2.05, 4.69) is 4.98 Å². The van der Waals surface area contributed by atoms with Crippen molar-refractivity contribution in [2.45, 2.75) is 20.0 Å². The lowest BCUT2D eigenvalue weighted by Gasteiger charge is -2.19. The number of hydrogen-bond donors (Lipinski definition) is 0. The maximum Gasteiger partial charge on any atom is 0.340 e. The van der Waals surface area contributed by atoms with Crippen LogP contribution in [0.2, 0.25) is 0 Å². The third kappa shape index (κ3) is 4.29. The van der Waals surface area contributed by atoms with Crippen molar-refractivity contribution in [1.29, 1.82) is 0 Å². The molecule has 0 aliphatic heterocycles. The number of sulfonamides is 1. The van der Waals surface area contributed by atoms with Crippen molar-refractivity contribution >= 4 is 33.0 Å². The molecule has 0 saturated carbocycles. The van der Waals surface area contributed by atoms with Crippen LogP contribution < -0.4 is 4.31 Å². The average Bonchev–Trinajstić information content (AvgIpc) is 2.99. The number of esters is 1. The van der Waals surface area contributed by atoms with Crippen molar-refractivity contribution in [3.63, 3.8) is 0 Å². The van der Waals surface area contributed by atoms with Crippen molar-refractivity contribution in [2.75, 3.05) is 17.6 Å². The summed E-state index contributed by atoms with van der Waals surface area (Å²) >= 11 is 1.52. The molecule has 8 heteroatoms. The number of hydrogen-bond acceptors (Lipinski definition) is 6. The minimum atomic E-state index is -3.46. The molecule has 0 saturated heterocycles. The average molecular weight is 354 g/mol. The van der Waals surface area contributed by atoms with Gasteiger partial charge in [-0.15, -0.1) is 11.3 Å². The molecule has 0 unspecified atom stereocenters. The Morgan fingerprint density at radius 1 is 1.35 bits per heavy atom. The Kier molecular flexibility index (Phi) is 5.38. The molecular formula is C15H18N2O4S2. The van der Waals surface area contributed by atoms with Gasteiger partial charge in [0.1, 0.15) is 6.61 Å². The van der Waals surface area contributed by atoms with Gasteiger partial charge in [0.05, 0.1) is 28.2 Å². The summed E-state index contributed by atoms with van der Waals surface area (Å²) in [6.07, 6.45) is 1.91. The highest BCUT2D eigenvalue weighted by Gasteiger charge is 2.20. The normalized spacial score (nSPS) is 11.3. The molecule has 1 aromatic heterocycles. The maximum atomic E-state index is 12.3. The number of rotatable bonds is 6. The molecule has 0 atom stereocenters. The fourth-order valence-electron chi connectivity index (χ4n) is 1.89. The van der Waals surface area contributed by atoms with Gasteiger partial charge in [0.25, 0.3) is 0 Å². The summed E-state index contributed by atoms with van der Waals surface area (Å²) in [7, 11) is -2.07. The van der Waals surface area contributed by atoms with E-state index >= 15 is 0 Å². The number of benzene rings is 1. The van der Waals surface area contributed by atoms with Gasteiger partial charge in [-0.2, -0.15) is 0 Å². The van der Waals surface area contributed by atoms with E-state index in [1.54, 1.807) is 18.2 Å². The van der Waals surface area contributed by atoms with Crippen LogP contribution in [0, 0.1) is 0 Å². The second-order valence-corrected chi connectivity index (χ2v) is 7.87. The van der Waals surface area contributed by atoms with Gasteiger partial charge in [0.15, 0.2) is 0 Å². The standard InChI is InChI=1S/C15H18N2O4S2/c1-4-14-16-11(10-22-14)9-21-15(18)12-7-5-6-8-13(12)17(2)23(3,19)20/h5-8,10H,4,9H2,1-3H3. The van der Waals surface area contributed by atoms with Crippen LogP contribution in [0.25, 0.3) is 0 Å². The van der Waals surface area contributed by atoms with Crippen LogP contribution in [0.4, 0.5) is 5.69 Å². The van der Waals surface area contributed by atoms with Crippen LogP contribution in [0.1, 0.15) is 28.0 Å². The zero-order valence-corrected chi connectivity index (χ0v) is 14.8. The Morgan fingerprint density at radius 2 is 2.04 bits per heavy atom. The van der Waals surface area contributed by atoms with Crippen LogP contribution in [0.3, 0.4) is 0 Å². The molecule has 0 bridgehead atoms. The van der Waals surface area contributed by atoms with Gasteiger partial charge < -0.3 is 4.74 Å². The molecule has 2 aromatic rings. The van der Waals surface area contributed by atoms with E-state index in [0.717, 1.165) is 22.0 Å². The molecule has 0 fully saturated rings. The predicted molar refractivity (Wildman–Crippen MR) is 90.3 cm³/mol. The second-order valence-electron chi connectivity index (χ2n) is 4.91. The van der Waals surface area contributed by atoms with Crippen molar-refractivity contribution in [3.05, 3.63) is 45.9 Å². The van der Waals surface area contributed by atoms with Crippen molar-refractivity contribution < 1.29 is 17.9 Å². The van der Waals surface area contributed by atoms with Crippen LogP contribution in [0.5, 0.6) is 0 Å². The first-order valence-corrected chi connectivity index (χ1v) is 9.69. The van der Waals surface area contributed by atoms with Crippen molar-refractivity contribution in [3.8, 4) is 0 Å². The van der Waals surface area contributed by atoms with E-state index in [4.69, 9.17) is 4.74 Å². The van der Waals surface area contributed by atoms with Gasteiger partial charge in [-0.3, -0.25) is 4.31 Å². The van der Waals surface area contributed by atoms with Crippen LogP contribution in [0.15, 0.2) is 29.6 Å². The Hall–Kier alpha value is -1.93. The number of aryl methyl sites for hydroxylation is 1. The van der Waals surface area contributed by atoms with E-state index in [0.29, 0.717) is 5.69 Å². The number of ether oxygens (including phenoxy) is 1. The summed E-state index contributed by atoms with van der Waals surface area (Å²) in [5, 5.41) is 2.83. The fourth-order valence-corrected chi connectivity index (χ4v) is 3.14. The van der Waals surface area contributed by atoms with Crippen molar-refractivity contribution in [2.24, 2.45) is 0 Å². The number of para-hydroxylation sites is 1. The summed E-state index contributed by atoms with van der Waals surface area (Å²) in [5.41, 5.74) is 1.17. The third-order valence-corrected chi connectivity index (χ3v) is 5.45. The summed E-state index contributed by atoms with van der Waals surface area (Å²) in [6, 6.07) is 6.43. The molecule has 2 rings (SSSR count). The van der Waals surface area contributed by atoms with Gasteiger partial charge in [-0.25, -0.2) is 18.2 Å². The molecule has 0 radical (unpaired) electrons. The zero-order chi connectivity index (χ0) is 17.0. The van der Waals surface area contributed by atoms with Gasteiger partial charge in [-0.1, -0.05) is 19.1 Å². The minimum absolute atomic E-state index is 0.0618. The SMILES string of the molecule is CCc1nc(COC(=O)c2ccccc2N(C)S(C)(=O)=O)cs1. The van der Waals surface area contributed by atoms with E-state index in [1.807, 2.05) is 12.3 Å². The lowest BCUT2D eigenvalue weighted by molar-refractivity contribution is 0.0469. The Bertz CT molecular complexity index is 799.